The van der Waals surface area contributed by atoms with Crippen LogP contribution in [0.25, 0.3) is 11.3 Å². The van der Waals surface area contributed by atoms with E-state index in [2.05, 4.69) is 15.6 Å². The number of hydrogen-bond donors (Lipinski definition) is 2. The molecule has 0 aliphatic carbocycles. The van der Waals surface area contributed by atoms with E-state index in [1.54, 1.807) is 12.1 Å². The van der Waals surface area contributed by atoms with Crippen LogP contribution in [0.1, 0.15) is 6.92 Å². The fourth-order valence-electron chi connectivity index (χ4n) is 2.66. The van der Waals surface area contributed by atoms with Gasteiger partial charge in [0.05, 0.1) is 11.4 Å². The number of thioether (sulfide) groups is 1. The van der Waals surface area contributed by atoms with Crippen LogP contribution < -0.4 is 20.1 Å². The number of amides is 2. The van der Waals surface area contributed by atoms with E-state index in [9.17, 15) is 9.59 Å². The maximum Gasteiger partial charge on any atom is 0.236 e. The van der Waals surface area contributed by atoms with Crippen molar-refractivity contribution in [1.29, 1.82) is 0 Å². The Morgan fingerprint density at radius 2 is 1.90 bits per heavy atom. The van der Waals surface area contributed by atoms with Crippen molar-refractivity contribution in [2.45, 2.75) is 11.8 Å². The first kappa shape index (κ1) is 19.3. The van der Waals surface area contributed by atoms with Crippen molar-refractivity contribution in [3.05, 3.63) is 47.8 Å². The van der Waals surface area contributed by atoms with Crippen molar-refractivity contribution >= 4 is 45.7 Å². The molecule has 0 atom stereocenters. The molecule has 3 aromatic rings. The number of carbonyl (C=O) groups is 2. The molecule has 0 saturated carbocycles. The molecule has 0 radical (unpaired) electrons. The van der Waals surface area contributed by atoms with E-state index in [-0.39, 0.29) is 24.4 Å². The topological polar surface area (TPSA) is 89.6 Å². The normalized spacial score (nSPS) is 11.9. The molecular weight excluding hydrogens is 410 g/mol. The van der Waals surface area contributed by atoms with Gasteiger partial charge in [-0.1, -0.05) is 0 Å². The van der Waals surface area contributed by atoms with Crippen molar-refractivity contribution in [2.24, 2.45) is 0 Å². The molecule has 2 amide bonds. The molecule has 1 aromatic heterocycles. The second-order valence-electron chi connectivity index (χ2n) is 6.15. The molecule has 0 saturated heterocycles. The molecule has 2 heterocycles. The summed E-state index contributed by atoms with van der Waals surface area (Å²) in [5, 5.41) is 7.97. The largest absolute Gasteiger partial charge is 0.454 e. The van der Waals surface area contributed by atoms with Crippen LogP contribution in [-0.4, -0.2) is 29.3 Å². The first-order chi connectivity index (χ1) is 14.1. The van der Waals surface area contributed by atoms with Gasteiger partial charge in [-0.2, -0.15) is 0 Å². The number of hydrogen-bond acceptors (Lipinski definition) is 7. The number of ether oxygens (including phenoxy) is 2. The van der Waals surface area contributed by atoms with E-state index in [1.807, 2.05) is 35.7 Å². The van der Waals surface area contributed by atoms with Crippen LogP contribution in [0.3, 0.4) is 0 Å². The Morgan fingerprint density at radius 1 is 1.10 bits per heavy atom. The van der Waals surface area contributed by atoms with E-state index in [1.165, 1.54) is 30.0 Å². The summed E-state index contributed by atoms with van der Waals surface area (Å²) >= 11 is 2.78. The molecule has 2 aromatic carbocycles. The van der Waals surface area contributed by atoms with Crippen molar-refractivity contribution < 1.29 is 19.1 Å². The van der Waals surface area contributed by atoms with E-state index in [4.69, 9.17) is 9.47 Å². The average Bonchev–Trinajstić information content (AvgIpc) is 3.35. The number of thiazole rings is 1. The van der Waals surface area contributed by atoms with Crippen LogP contribution in [-0.2, 0) is 9.59 Å². The summed E-state index contributed by atoms with van der Waals surface area (Å²) in [7, 11) is 0. The average molecular weight is 428 g/mol. The Bertz CT molecular complexity index is 1050. The van der Waals surface area contributed by atoms with Gasteiger partial charge in [-0.05, 0) is 42.5 Å². The Kier molecular flexibility index (Phi) is 5.68. The third kappa shape index (κ3) is 4.87. The minimum absolute atomic E-state index is 0.117. The smallest absolute Gasteiger partial charge is 0.236 e. The maximum absolute atomic E-state index is 12.2. The van der Waals surface area contributed by atoms with Gasteiger partial charge in [-0.25, -0.2) is 4.98 Å². The number of aromatic nitrogens is 1. The molecule has 4 rings (SSSR count). The van der Waals surface area contributed by atoms with Gasteiger partial charge < -0.3 is 20.1 Å². The predicted octanol–water partition coefficient (Wildman–Crippen LogP) is 4.23. The molecule has 0 unspecified atom stereocenters. The lowest BCUT2D eigenvalue weighted by molar-refractivity contribution is -0.114. The summed E-state index contributed by atoms with van der Waals surface area (Å²) in [6.45, 7) is 1.69. The molecule has 0 bridgehead atoms. The summed E-state index contributed by atoms with van der Waals surface area (Å²) in [6, 6.07) is 13.0. The molecule has 29 heavy (non-hydrogen) atoms. The van der Waals surface area contributed by atoms with Crippen LogP contribution >= 0.6 is 23.1 Å². The van der Waals surface area contributed by atoms with Gasteiger partial charge in [-0.15, -0.1) is 23.1 Å². The minimum Gasteiger partial charge on any atom is -0.454 e. The van der Waals surface area contributed by atoms with Crippen molar-refractivity contribution in [3.63, 3.8) is 0 Å². The van der Waals surface area contributed by atoms with Gasteiger partial charge in [0, 0.05) is 28.5 Å². The maximum atomic E-state index is 12.2. The van der Waals surface area contributed by atoms with Crippen LogP contribution in [0.4, 0.5) is 10.8 Å². The van der Waals surface area contributed by atoms with E-state index >= 15 is 0 Å². The van der Waals surface area contributed by atoms with Crippen LogP contribution in [0.5, 0.6) is 11.5 Å². The number of nitrogens with zero attached hydrogens (tertiary/aromatic N) is 1. The summed E-state index contributed by atoms with van der Waals surface area (Å²) in [4.78, 5) is 28.7. The SMILES string of the molecule is CC(=O)Nc1ccc(SCC(=O)Nc2nc(-c3ccc4c(c3)OCO4)cs2)cc1. The quantitative estimate of drug-likeness (QED) is 0.573. The lowest BCUT2D eigenvalue weighted by Crippen LogP contribution is -2.13. The first-order valence-electron chi connectivity index (χ1n) is 8.73. The highest BCUT2D eigenvalue weighted by molar-refractivity contribution is 8.00. The zero-order chi connectivity index (χ0) is 20.2. The Labute approximate surface area is 175 Å². The van der Waals surface area contributed by atoms with Gasteiger partial charge in [0.1, 0.15) is 0 Å². The molecule has 0 spiro atoms. The monoisotopic (exact) mass is 427 g/mol. The summed E-state index contributed by atoms with van der Waals surface area (Å²) in [6.07, 6.45) is 0. The summed E-state index contributed by atoms with van der Waals surface area (Å²) < 4.78 is 10.7. The second kappa shape index (κ2) is 8.54. The molecular formula is C20H17N3O4S2. The number of fused-ring (bicyclic) bond motifs is 1. The Hall–Kier alpha value is -3.04. The minimum atomic E-state index is -0.132. The molecule has 0 fully saturated rings. The second-order valence-corrected chi connectivity index (χ2v) is 8.06. The number of benzene rings is 2. The fourth-order valence-corrected chi connectivity index (χ4v) is 4.10. The zero-order valence-electron chi connectivity index (χ0n) is 15.4. The third-order valence-electron chi connectivity index (χ3n) is 3.96. The van der Waals surface area contributed by atoms with Crippen molar-refractivity contribution in [1.82, 2.24) is 4.98 Å². The van der Waals surface area contributed by atoms with Gasteiger partial charge >= 0.3 is 0 Å². The highest BCUT2D eigenvalue weighted by atomic mass is 32.2. The molecule has 1 aliphatic rings. The highest BCUT2D eigenvalue weighted by Crippen LogP contribution is 2.36. The van der Waals surface area contributed by atoms with Crippen LogP contribution in [0.15, 0.2) is 52.7 Å². The highest BCUT2D eigenvalue weighted by Gasteiger charge is 2.15. The summed E-state index contributed by atoms with van der Waals surface area (Å²) in [5.74, 6) is 1.43. The van der Waals surface area contributed by atoms with Gasteiger partial charge in [0.25, 0.3) is 0 Å². The first-order valence-corrected chi connectivity index (χ1v) is 10.6. The number of carbonyl (C=O) groups excluding carboxylic acids is 2. The van der Waals surface area contributed by atoms with E-state index in [0.717, 1.165) is 27.6 Å². The lowest BCUT2D eigenvalue weighted by Gasteiger charge is -2.05. The molecule has 1 aliphatic heterocycles. The number of anilines is 2. The molecule has 9 heteroatoms. The number of rotatable bonds is 6. The van der Waals surface area contributed by atoms with Crippen molar-refractivity contribution in [2.75, 3.05) is 23.2 Å². The summed E-state index contributed by atoms with van der Waals surface area (Å²) in [5.41, 5.74) is 2.40. The van der Waals surface area contributed by atoms with Gasteiger partial charge in [0.15, 0.2) is 16.6 Å². The molecule has 7 nitrogen and oxygen atoms in total. The number of nitrogens with one attached hydrogen (secondary N) is 2. The Balaban J connectivity index is 1.32. The van der Waals surface area contributed by atoms with Crippen LogP contribution in [0.2, 0.25) is 0 Å². The van der Waals surface area contributed by atoms with Crippen LogP contribution in [0, 0.1) is 0 Å². The van der Waals surface area contributed by atoms with Gasteiger partial charge in [-0.3, -0.25) is 9.59 Å². The van der Waals surface area contributed by atoms with Crippen molar-refractivity contribution in [3.8, 4) is 22.8 Å². The molecule has 148 valence electrons. The third-order valence-corrected chi connectivity index (χ3v) is 5.73. The Morgan fingerprint density at radius 3 is 2.69 bits per heavy atom. The molecule has 2 N–H and O–H groups in total. The van der Waals surface area contributed by atoms with E-state index < -0.39 is 0 Å². The zero-order valence-corrected chi connectivity index (χ0v) is 17.1. The van der Waals surface area contributed by atoms with Gasteiger partial charge in [0.2, 0.25) is 18.6 Å². The predicted molar refractivity (Wildman–Crippen MR) is 114 cm³/mol. The fraction of sp³-hybridized carbons (Fsp3) is 0.150. The lowest BCUT2D eigenvalue weighted by atomic mass is 10.1. The van der Waals surface area contributed by atoms with E-state index in [0.29, 0.717) is 10.9 Å². The standard InChI is InChI=1S/C20H17N3O4S2/c1-12(24)21-14-3-5-15(6-4-14)28-10-19(25)23-20-22-16(9-29-20)13-2-7-17-18(8-13)27-11-26-17/h2-9H,10-11H2,1H3,(H,21,24)(H,22,23,25).